The average Bonchev–Trinajstić information content (AvgIpc) is 3.16. The lowest BCUT2D eigenvalue weighted by Gasteiger charge is -2.19. The molecule has 0 aliphatic carbocycles. The molecule has 2 unspecified atom stereocenters. The van der Waals surface area contributed by atoms with Crippen LogP contribution in [0.1, 0.15) is 264 Å². The molecule has 0 spiro atoms. The zero-order valence-electron chi connectivity index (χ0n) is 36.1. The zero-order chi connectivity index (χ0) is 38.6. The molecular formula is C49H95NO3. The first-order valence-electron chi connectivity index (χ1n) is 24.1. The number of aliphatic hydroxyl groups is 2. The van der Waals surface area contributed by atoms with Gasteiger partial charge in [-0.3, -0.25) is 4.79 Å². The summed E-state index contributed by atoms with van der Waals surface area (Å²) in [5.74, 6) is -0.0708. The molecule has 1 amide bonds. The highest BCUT2D eigenvalue weighted by molar-refractivity contribution is 5.76. The van der Waals surface area contributed by atoms with Gasteiger partial charge in [0.1, 0.15) is 0 Å². The van der Waals surface area contributed by atoms with Gasteiger partial charge >= 0.3 is 0 Å². The monoisotopic (exact) mass is 746 g/mol. The van der Waals surface area contributed by atoms with Crippen molar-refractivity contribution in [3.63, 3.8) is 0 Å². The fourth-order valence-electron chi connectivity index (χ4n) is 7.49. The van der Waals surface area contributed by atoms with Crippen LogP contribution in [-0.4, -0.2) is 34.9 Å². The highest BCUT2D eigenvalue weighted by Crippen LogP contribution is 2.16. The summed E-state index contributed by atoms with van der Waals surface area (Å²) in [5, 5.41) is 23.0. The summed E-state index contributed by atoms with van der Waals surface area (Å²) in [6, 6.07) is -0.634. The second-order valence-corrected chi connectivity index (χ2v) is 16.5. The van der Waals surface area contributed by atoms with Crippen molar-refractivity contribution in [1.29, 1.82) is 0 Å². The van der Waals surface area contributed by atoms with Crippen LogP contribution in [0.25, 0.3) is 0 Å². The van der Waals surface area contributed by atoms with Crippen molar-refractivity contribution >= 4 is 5.91 Å². The molecule has 0 fully saturated rings. The Labute approximate surface area is 332 Å². The molecule has 0 aromatic rings. The maximum atomic E-state index is 12.4. The Balaban J connectivity index is 3.52. The number of aliphatic hydroxyl groups excluding tert-OH is 2. The van der Waals surface area contributed by atoms with E-state index < -0.39 is 12.1 Å². The predicted octanol–water partition coefficient (Wildman–Crippen LogP) is 15.2. The minimum Gasteiger partial charge on any atom is -0.394 e. The molecule has 0 rings (SSSR count). The van der Waals surface area contributed by atoms with Gasteiger partial charge in [0.15, 0.2) is 0 Å². The van der Waals surface area contributed by atoms with Crippen LogP contribution in [0, 0.1) is 0 Å². The third-order valence-corrected chi connectivity index (χ3v) is 11.2. The van der Waals surface area contributed by atoms with Crippen LogP contribution in [-0.2, 0) is 4.79 Å². The molecule has 0 saturated heterocycles. The summed E-state index contributed by atoms with van der Waals surface area (Å²) in [5.41, 5.74) is 0. The lowest BCUT2D eigenvalue weighted by molar-refractivity contribution is -0.123. The van der Waals surface area contributed by atoms with E-state index in [0.717, 1.165) is 32.1 Å². The number of carbonyl (C=O) groups is 1. The van der Waals surface area contributed by atoms with Gasteiger partial charge in [-0.05, 0) is 32.1 Å². The van der Waals surface area contributed by atoms with Crippen LogP contribution in [0.3, 0.4) is 0 Å². The van der Waals surface area contributed by atoms with Crippen molar-refractivity contribution in [3.8, 4) is 0 Å². The minimum atomic E-state index is -0.858. The van der Waals surface area contributed by atoms with Crippen LogP contribution in [0.4, 0.5) is 0 Å². The fourth-order valence-corrected chi connectivity index (χ4v) is 7.49. The highest BCUT2D eigenvalue weighted by atomic mass is 16.3. The van der Waals surface area contributed by atoms with Crippen molar-refractivity contribution in [2.75, 3.05) is 6.61 Å². The third-order valence-electron chi connectivity index (χ3n) is 11.2. The van der Waals surface area contributed by atoms with Crippen molar-refractivity contribution in [2.45, 2.75) is 276 Å². The Hall–Kier alpha value is -1.13. The minimum absolute atomic E-state index is 0.0708. The molecule has 2 atom stereocenters. The van der Waals surface area contributed by atoms with Gasteiger partial charge in [0.05, 0.1) is 18.8 Å². The third kappa shape index (κ3) is 41.9. The first kappa shape index (κ1) is 51.9. The second-order valence-electron chi connectivity index (χ2n) is 16.5. The number of rotatable bonds is 44. The normalized spacial score (nSPS) is 13.1. The SMILES string of the molecule is CCCCCCCCCCCCCCCCCCCCCCC/C=C/CC/C=C/C(O)C(CO)NC(=O)CCCCCCCCCCCCCCCC. The zero-order valence-corrected chi connectivity index (χ0v) is 36.1. The smallest absolute Gasteiger partial charge is 0.220 e. The standard InChI is InChI=1S/C49H95NO3/c1-3-5-7-9-11-13-15-17-19-20-21-22-23-24-25-26-27-28-29-30-31-32-34-36-38-40-42-44-48(52)47(46-51)50-49(53)45-43-41-39-37-35-33-18-16-14-12-10-8-6-4-2/h34,36,42,44,47-48,51-52H,3-33,35,37-41,43,45-46H2,1-2H3,(H,50,53)/b36-34+,44-42+. The van der Waals surface area contributed by atoms with E-state index in [1.165, 1.54) is 212 Å². The number of carbonyl (C=O) groups excluding carboxylic acids is 1. The van der Waals surface area contributed by atoms with Gasteiger partial charge in [0.25, 0.3) is 0 Å². The van der Waals surface area contributed by atoms with E-state index in [4.69, 9.17) is 0 Å². The number of allylic oxidation sites excluding steroid dienone is 3. The van der Waals surface area contributed by atoms with E-state index in [1.807, 2.05) is 6.08 Å². The van der Waals surface area contributed by atoms with Crippen molar-refractivity contribution in [2.24, 2.45) is 0 Å². The lowest BCUT2D eigenvalue weighted by atomic mass is 10.0. The van der Waals surface area contributed by atoms with Crippen LogP contribution < -0.4 is 5.32 Å². The first-order chi connectivity index (χ1) is 26.2. The molecule has 53 heavy (non-hydrogen) atoms. The average molecular weight is 746 g/mol. The lowest BCUT2D eigenvalue weighted by Crippen LogP contribution is -2.45. The molecule has 3 N–H and O–H groups in total. The van der Waals surface area contributed by atoms with Crippen molar-refractivity contribution < 1.29 is 15.0 Å². The molecule has 4 heteroatoms. The van der Waals surface area contributed by atoms with E-state index in [-0.39, 0.29) is 12.5 Å². The van der Waals surface area contributed by atoms with Crippen molar-refractivity contribution in [1.82, 2.24) is 5.32 Å². The first-order valence-corrected chi connectivity index (χ1v) is 24.1. The Morgan fingerprint density at radius 3 is 1.09 bits per heavy atom. The van der Waals surface area contributed by atoms with Crippen LogP contribution in [0.5, 0.6) is 0 Å². The summed E-state index contributed by atoms with van der Waals surface area (Å²) in [7, 11) is 0. The maximum Gasteiger partial charge on any atom is 0.220 e. The van der Waals surface area contributed by atoms with Gasteiger partial charge in [-0.25, -0.2) is 0 Å². The quantitative estimate of drug-likeness (QED) is 0.0430. The number of nitrogens with one attached hydrogen (secondary N) is 1. The molecule has 4 nitrogen and oxygen atoms in total. The van der Waals surface area contributed by atoms with Gasteiger partial charge in [0.2, 0.25) is 5.91 Å². The molecule has 0 aromatic heterocycles. The number of hydrogen-bond acceptors (Lipinski definition) is 3. The van der Waals surface area contributed by atoms with Crippen LogP contribution >= 0.6 is 0 Å². The van der Waals surface area contributed by atoms with Gasteiger partial charge in [0, 0.05) is 6.42 Å². The summed E-state index contributed by atoms with van der Waals surface area (Å²) in [6.45, 7) is 4.32. The molecular weight excluding hydrogens is 651 g/mol. The van der Waals surface area contributed by atoms with Gasteiger partial charge in [-0.2, -0.15) is 0 Å². The van der Waals surface area contributed by atoms with E-state index in [0.29, 0.717) is 6.42 Å². The Morgan fingerprint density at radius 1 is 0.434 bits per heavy atom. The fraction of sp³-hybridized carbons (Fsp3) is 0.898. The van der Waals surface area contributed by atoms with E-state index in [2.05, 4.69) is 31.3 Å². The van der Waals surface area contributed by atoms with E-state index in [1.54, 1.807) is 6.08 Å². The van der Waals surface area contributed by atoms with Gasteiger partial charge in [-0.1, -0.05) is 250 Å². The van der Waals surface area contributed by atoms with E-state index in [9.17, 15) is 15.0 Å². The Bertz CT molecular complexity index is 765. The molecule has 0 aliphatic rings. The Morgan fingerprint density at radius 2 is 0.736 bits per heavy atom. The molecule has 0 heterocycles. The molecule has 0 saturated carbocycles. The molecule has 0 radical (unpaired) electrons. The van der Waals surface area contributed by atoms with Gasteiger partial charge in [-0.15, -0.1) is 0 Å². The second kappa shape index (κ2) is 45.3. The molecule has 314 valence electrons. The number of hydrogen-bond donors (Lipinski definition) is 3. The highest BCUT2D eigenvalue weighted by Gasteiger charge is 2.17. The maximum absolute atomic E-state index is 12.4. The summed E-state index contributed by atoms with van der Waals surface area (Å²) in [6.07, 6.45) is 58.8. The summed E-state index contributed by atoms with van der Waals surface area (Å²) >= 11 is 0. The Kier molecular flexibility index (Phi) is 44.3. The van der Waals surface area contributed by atoms with Crippen LogP contribution in [0.2, 0.25) is 0 Å². The topological polar surface area (TPSA) is 69.6 Å². The molecule has 0 aliphatic heterocycles. The number of amides is 1. The van der Waals surface area contributed by atoms with E-state index >= 15 is 0 Å². The molecule has 0 aromatic carbocycles. The van der Waals surface area contributed by atoms with Gasteiger partial charge < -0.3 is 15.5 Å². The molecule has 0 bridgehead atoms. The largest absolute Gasteiger partial charge is 0.394 e. The van der Waals surface area contributed by atoms with Crippen LogP contribution in [0.15, 0.2) is 24.3 Å². The predicted molar refractivity (Wildman–Crippen MR) is 235 cm³/mol. The van der Waals surface area contributed by atoms with Crippen molar-refractivity contribution in [3.05, 3.63) is 24.3 Å². The number of unbranched alkanes of at least 4 members (excludes halogenated alkanes) is 35. The summed E-state index contributed by atoms with van der Waals surface area (Å²) in [4.78, 5) is 12.4. The summed E-state index contributed by atoms with van der Waals surface area (Å²) < 4.78 is 0.